The van der Waals surface area contributed by atoms with Gasteiger partial charge in [-0.3, -0.25) is 4.68 Å². The number of aromatic nitrogens is 2. The van der Waals surface area contributed by atoms with Crippen LogP contribution in [-0.2, 0) is 10.0 Å². The molecule has 120 valence electrons. The van der Waals surface area contributed by atoms with Crippen molar-refractivity contribution in [3.05, 3.63) is 46.2 Å². The van der Waals surface area contributed by atoms with Gasteiger partial charge >= 0.3 is 0 Å². The van der Waals surface area contributed by atoms with Gasteiger partial charge in [-0.15, -0.1) is 0 Å². The van der Waals surface area contributed by atoms with E-state index in [4.69, 9.17) is 11.6 Å². The Morgan fingerprint density at radius 2 is 1.82 bits per heavy atom. The fraction of sp³-hybridized carbons (Fsp3) is 0.400. The summed E-state index contributed by atoms with van der Waals surface area (Å²) >= 11 is 5.78. The number of rotatable bonds is 5. The van der Waals surface area contributed by atoms with Crippen LogP contribution in [0.2, 0.25) is 5.02 Å². The van der Waals surface area contributed by atoms with Gasteiger partial charge in [0.05, 0.1) is 16.6 Å². The molecule has 5 nitrogen and oxygen atoms in total. The number of nitrogens with zero attached hydrogens (tertiary/aromatic N) is 2. The van der Waals surface area contributed by atoms with Crippen molar-refractivity contribution in [1.82, 2.24) is 14.5 Å². The second kappa shape index (κ2) is 6.40. The molecular weight excluding hydrogens is 322 g/mol. The number of aryl methyl sites for hydroxylation is 1. The first-order valence-electron chi connectivity index (χ1n) is 7.00. The van der Waals surface area contributed by atoms with Crippen LogP contribution in [0, 0.1) is 20.8 Å². The van der Waals surface area contributed by atoms with Gasteiger partial charge in [0.15, 0.2) is 0 Å². The molecule has 0 unspecified atom stereocenters. The van der Waals surface area contributed by atoms with E-state index in [-0.39, 0.29) is 17.5 Å². The first-order chi connectivity index (χ1) is 10.2. The SMILES string of the molecule is Cc1nn([C@H](C)CNS(=O)(=O)c2ccc(Cl)cc2)c(C)c1C. The molecule has 2 rings (SSSR count). The summed E-state index contributed by atoms with van der Waals surface area (Å²) in [6, 6.07) is 6.02. The van der Waals surface area contributed by atoms with Crippen molar-refractivity contribution in [2.75, 3.05) is 6.54 Å². The second-order valence-corrected chi connectivity index (χ2v) is 7.60. The highest BCUT2D eigenvalue weighted by atomic mass is 35.5. The van der Waals surface area contributed by atoms with Gasteiger partial charge in [-0.05, 0) is 57.5 Å². The smallest absolute Gasteiger partial charge is 0.240 e. The highest BCUT2D eigenvalue weighted by Crippen LogP contribution is 2.17. The molecule has 0 fully saturated rings. The van der Waals surface area contributed by atoms with Crippen LogP contribution in [-0.4, -0.2) is 24.7 Å². The van der Waals surface area contributed by atoms with Gasteiger partial charge in [0.25, 0.3) is 0 Å². The van der Waals surface area contributed by atoms with Gasteiger partial charge in [0.1, 0.15) is 0 Å². The molecule has 1 aromatic heterocycles. The summed E-state index contributed by atoms with van der Waals surface area (Å²) in [4.78, 5) is 0.202. The third kappa shape index (κ3) is 3.51. The largest absolute Gasteiger partial charge is 0.265 e. The highest BCUT2D eigenvalue weighted by molar-refractivity contribution is 7.89. The minimum atomic E-state index is -3.55. The molecule has 0 radical (unpaired) electrons. The van der Waals surface area contributed by atoms with E-state index in [0.717, 1.165) is 17.0 Å². The second-order valence-electron chi connectivity index (χ2n) is 5.40. The molecule has 0 amide bonds. The van der Waals surface area contributed by atoms with Crippen molar-refractivity contribution in [2.45, 2.75) is 38.6 Å². The number of hydrogen-bond acceptors (Lipinski definition) is 3. The number of hydrogen-bond donors (Lipinski definition) is 1. The minimum Gasteiger partial charge on any atom is -0.265 e. The summed E-state index contributed by atoms with van der Waals surface area (Å²) in [5, 5.41) is 4.96. The molecule has 0 saturated carbocycles. The normalized spacial score (nSPS) is 13.3. The highest BCUT2D eigenvalue weighted by Gasteiger charge is 2.18. The topological polar surface area (TPSA) is 64.0 Å². The van der Waals surface area contributed by atoms with Crippen LogP contribution in [0.25, 0.3) is 0 Å². The van der Waals surface area contributed by atoms with E-state index >= 15 is 0 Å². The van der Waals surface area contributed by atoms with Crippen LogP contribution < -0.4 is 4.72 Å². The van der Waals surface area contributed by atoms with Gasteiger partial charge in [-0.1, -0.05) is 11.6 Å². The van der Waals surface area contributed by atoms with Gasteiger partial charge in [0.2, 0.25) is 10.0 Å². The van der Waals surface area contributed by atoms with Crippen LogP contribution in [0.3, 0.4) is 0 Å². The summed E-state index contributed by atoms with van der Waals surface area (Å²) in [6.45, 7) is 8.15. The molecule has 1 N–H and O–H groups in total. The maximum absolute atomic E-state index is 12.3. The van der Waals surface area contributed by atoms with Crippen molar-refractivity contribution in [1.29, 1.82) is 0 Å². The van der Waals surface area contributed by atoms with E-state index in [1.807, 2.05) is 32.4 Å². The van der Waals surface area contributed by atoms with E-state index in [0.29, 0.717) is 5.02 Å². The lowest BCUT2D eigenvalue weighted by Crippen LogP contribution is -2.30. The number of benzene rings is 1. The molecule has 0 aliphatic rings. The van der Waals surface area contributed by atoms with Crippen molar-refractivity contribution < 1.29 is 8.42 Å². The van der Waals surface area contributed by atoms with Gasteiger partial charge < -0.3 is 0 Å². The summed E-state index contributed by atoms with van der Waals surface area (Å²) in [5.41, 5.74) is 3.15. The number of sulfonamides is 1. The molecule has 1 aromatic carbocycles. The maximum atomic E-state index is 12.3. The van der Waals surface area contributed by atoms with Crippen LogP contribution in [0.4, 0.5) is 0 Å². The molecule has 7 heteroatoms. The zero-order chi connectivity index (χ0) is 16.5. The van der Waals surface area contributed by atoms with Gasteiger partial charge in [-0.25, -0.2) is 13.1 Å². The minimum absolute atomic E-state index is 0.0746. The van der Waals surface area contributed by atoms with Gasteiger partial charge in [-0.2, -0.15) is 5.10 Å². The molecule has 0 spiro atoms. The zero-order valence-electron chi connectivity index (χ0n) is 13.1. The lowest BCUT2D eigenvalue weighted by Gasteiger charge is -2.15. The average Bonchev–Trinajstić information content (AvgIpc) is 2.73. The molecule has 22 heavy (non-hydrogen) atoms. The van der Waals surface area contributed by atoms with Crippen molar-refractivity contribution in [3.63, 3.8) is 0 Å². The Bertz CT molecular complexity index is 767. The molecule has 0 bridgehead atoms. The molecular formula is C15H20ClN3O2S. The third-order valence-corrected chi connectivity index (χ3v) is 5.49. The van der Waals surface area contributed by atoms with E-state index in [9.17, 15) is 8.42 Å². The Balaban J connectivity index is 2.11. The van der Waals surface area contributed by atoms with E-state index in [1.54, 1.807) is 12.1 Å². The Labute approximate surface area is 136 Å². The standard InChI is InChI=1S/C15H20ClN3O2S/c1-10(19-13(4)11(2)12(3)18-19)9-17-22(20,21)15-7-5-14(16)6-8-15/h5-8,10,17H,9H2,1-4H3/t10-/m1/s1. The van der Waals surface area contributed by atoms with Crippen molar-refractivity contribution in [2.24, 2.45) is 0 Å². The summed E-state index contributed by atoms with van der Waals surface area (Å²) in [5.74, 6) is 0. The van der Waals surface area contributed by atoms with E-state index < -0.39 is 10.0 Å². The molecule has 0 aliphatic heterocycles. The van der Waals surface area contributed by atoms with Crippen LogP contribution in [0.1, 0.15) is 29.9 Å². The Morgan fingerprint density at radius 3 is 2.32 bits per heavy atom. The number of halogens is 1. The Morgan fingerprint density at radius 1 is 1.23 bits per heavy atom. The van der Waals surface area contributed by atoms with Crippen LogP contribution in [0.5, 0.6) is 0 Å². The summed E-state index contributed by atoms with van der Waals surface area (Å²) < 4.78 is 29.0. The van der Waals surface area contributed by atoms with Crippen molar-refractivity contribution >= 4 is 21.6 Å². The average molecular weight is 342 g/mol. The van der Waals surface area contributed by atoms with Gasteiger partial charge in [0, 0.05) is 17.3 Å². The molecule has 1 heterocycles. The molecule has 0 aliphatic carbocycles. The van der Waals surface area contributed by atoms with Crippen molar-refractivity contribution in [3.8, 4) is 0 Å². The predicted molar refractivity (Wildman–Crippen MR) is 87.8 cm³/mol. The zero-order valence-corrected chi connectivity index (χ0v) is 14.7. The maximum Gasteiger partial charge on any atom is 0.240 e. The Hall–Kier alpha value is -1.37. The van der Waals surface area contributed by atoms with Crippen LogP contribution >= 0.6 is 11.6 Å². The first kappa shape index (κ1) is 17.0. The first-order valence-corrected chi connectivity index (χ1v) is 8.86. The summed E-state index contributed by atoms with van der Waals surface area (Å²) in [7, 11) is -3.55. The van der Waals surface area contributed by atoms with E-state index in [1.165, 1.54) is 12.1 Å². The lowest BCUT2D eigenvalue weighted by molar-refractivity contribution is 0.467. The monoisotopic (exact) mass is 341 g/mol. The Kier molecular flexibility index (Phi) is 4.94. The quantitative estimate of drug-likeness (QED) is 0.909. The lowest BCUT2D eigenvalue weighted by atomic mass is 10.2. The predicted octanol–water partition coefficient (Wildman–Crippen LogP) is 3.00. The third-order valence-electron chi connectivity index (χ3n) is 3.80. The molecule has 2 aromatic rings. The fourth-order valence-corrected chi connectivity index (χ4v) is 3.44. The van der Waals surface area contributed by atoms with E-state index in [2.05, 4.69) is 9.82 Å². The summed E-state index contributed by atoms with van der Waals surface area (Å²) in [6.07, 6.45) is 0. The fourth-order valence-electron chi connectivity index (χ4n) is 2.19. The van der Waals surface area contributed by atoms with Crippen LogP contribution in [0.15, 0.2) is 29.2 Å². The number of nitrogens with one attached hydrogen (secondary N) is 1. The molecule has 0 saturated heterocycles. The molecule has 1 atom stereocenters.